The van der Waals surface area contributed by atoms with Crippen LogP contribution in [-0.2, 0) is 4.74 Å². The van der Waals surface area contributed by atoms with Crippen LogP contribution in [0.1, 0.15) is 41.0 Å². The maximum atomic E-state index is 11.9. The van der Waals surface area contributed by atoms with Crippen LogP contribution < -0.4 is 0 Å². The molecule has 1 saturated heterocycles. The lowest BCUT2D eigenvalue weighted by Gasteiger charge is -2.28. The van der Waals surface area contributed by atoms with Crippen molar-refractivity contribution in [3.63, 3.8) is 0 Å². The quantitative estimate of drug-likeness (QED) is 0.748. The molecule has 0 unspecified atom stereocenters. The van der Waals surface area contributed by atoms with Crippen LogP contribution in [0.2, 0.25) is 0 Å². The average molecular weight is 229 g/mol. The second-order valence-corrected chi connectivity index (χ2v) is 5.51. The molecule has 1 N–H and O–H groups in total. The Morgan fingerprint density at radius 3 is 2.44 bits per heavy atom. The van der Waals surface area contributed by atoms with E-state index in [4.69, 9.17) is 4.74 Å². The first-order chi connectivity index (χ1) is 7.26. The molecule has 0 aliphatic carbocycles. The van der Waals surface area contributed by atoms with Crippen molar-refractivity contribution in [1.29, 1.82) is 0 Å². The molecule has 3 atom stereocenters. The SMILES string of the molecule is CC[C@H]1[C@@H](C)N(C(=O)OC(C)(C)C)C[C@@H]1O. The maximum Gasteiger partial charge on any atom is 0.410 e. The Kier molecular flexibility index (Phi) is 3.84. The molecule has 1 fully saturated rings. The molecular formula is C12H23NO3. The Hall–Kier alpha value is -0.770. The molecule has 4 nitrogen and oxygen atoms in total. The topological polar surface area (TPSA) is 49.8 Å². The molecule has 0 saturated carbocycles. The van der Waals surface area contributed by atoms with Crippen LogP contribution in [0.3, 0.4) is 0 Å². The van der Waals surface area contributed by atoms with E-state index >= 15 is 0 Å². The van der Waals surface area contributed by atoms with Crippen LogP contribution in [0.25, 0.3) is 0 Å². The van der Waals surface area contributed by atoms with Crippen molar-refractivity contribution in [2.45, 2.75) is 58.8 Å². The number of hydrogen-bond acceptors (Lipinski definition) is 3. The van der Waals surface area contributed by atoms with Gasteiger partial charge in [0.05, 0.1) is 12.6 Å². The number of carbonyl (C=O) groups is 1. The standard InChI is InChI=1S/C12H23NO3/c1-6-9-8(2)13(7-10(9)14)11(15)16-12(3,4)5/h8-10,14H,6-7H2,1-5H3/t8-,9+,10+/m1/s1. The summed E-state index contributed by atoms with van der Waals surface area (Å²) < 4.78 is 5.31. The number of amides is 1. The van der Waals surface area contributed by atoms with E-state index in [2.05, 4.69) is 0 Å². The second-order valence-electron chi connectivity index (χ2n) is 5.51. The fourth-order valence-electron chi connectivity index (χ4n) is 2.23. The molecule has 0 bridgehead atoms. The lowest BCUT2D eigenvalue weighted by molar-refractivity contribution is 0.0214. The molecule has 0 aromatic heterocycles. The number of likely N-dealkylation sites (tertiary alicyclic amines) is 1. The number of nitrogens with zero attached hydrogens (tertiary/aromatic N) is 1. The molecule has 1 amide bonds. The average Bonchev–Trinajstić information content (AvgIpc) is 2.38. The highest BCUT2D eigenvalue weighted by atomic mass is 16.6. The van der Waals surface area contributed by atoms with Crippen molar-refractivity contribution in [3.05, 3.63) is 0 Å². The van der Waals surface area contributed by atoms with Crippen LogP contribution in [0.5, 0.6) is 0 Å². The molecule has 0 aromatic rings. The second kappa shape index (κ2) is 4.62. The molecule has 1 rings (SSSR count). The number of aliphatic hydroxyl groups is 1. The molecule has 4 heteroatoms. The molecule has 1 aliphatic rings. The zero-order valence-corrected chi connectivity index (χ0v) is 10.9. The van der Waals surface area contributed by atoms with E-state index in [1.165, 1.54) is 0 Å². The smallest absolute Gasteiger partial charge is 0.410 e. The highest BCUT2D eigenvalue weighted by molar-refractivity contribution is 5.69. The van der Waals surface area contributed by atoms with E-state index in [-0.39, 0.29) is 18.1 Å². The van der Waals surface area contributed by atoms with Crippen LogP contribution in [0, 0.1) is 5.92 Å². The Labute approximate surface area is 97.6 Å². The van der Waals surface area contributed by atoms with Gasteiger partial charge in [-0.2, -0.15) is 0 Å². The number of hydrogen-bond donors (Lipinski definition) is 1. The summed E-state index contributed by atoms with van der Waals surface area (Å²) in [6.45, 7) is 9.92. The van der Waals surface area contributed by atoms with Gasteiger partial charge in [0.25, 0.3) is 0 Å². The van der Waals surface area contributed by atoms with E-state index in [9.17, 15) is 9.90 Å². The first-order valence-electron chi connectivity index (χ1n) is 5.94. The molecule has 0 spiro atoms. The summed E-state index contributed by atoms with van der Waals surface area (Å²) in [6.07, 6.45) is 0.129. The third-order valence-corrected chi connectivity index (χ3v) is 3.09. The largest absolute Gasteiger partial charge is 0.444 e. The molecule has 16 heavy (non-hydrogen) atoms. The van der Waals surface area contributed by atoms with E-state index in [0.717, 1.165) is 6.42 Å². The minimum atomic E-state index is -0.480. The highest BCUT2D eigenvalue weighted by Crippen LogP contribution is 2.28. The van der Waals surface area contributed by atoms with E-state index in [1.54, 1.807) is 4.90 Å². The summed E-state index contributed by atoms with van der Waals surface area (Å²) in [7, 11) is 0. The Morgan fingerprint density at radius 1 is 1.50 bits per heavy atom. The minimum Gasteiger partial charge on any atom is -0.444 e. The van der Waals surface area contributed by atoms with Gasteiger partial charge in [0.15, 0.2) is 0 Å². The summed E-state index contributed by atoms with van der Waals surface area (Å²) in [5, 5.41) is 9.83. The summed E-state index contributed by atoms with van der Waals surface area (Å²) >= 11 is 0. The van der Waals surface area contributed by atoms with Gasteiger partial charge < -0.3 is 14.7 Å². The predicted octanol–water partition coefficient (Wildman–Crippen LogP) is 2.01. The third kappa shape index (κ3) is 2.88. The minimum absolute atomic E-state index is 0.0508. The summed E-state index contributed by atoms with van der Waals surface area (Å²) in [5.74, 6) is 0.160. The number of aliphatic hydroxyl groups excluding tert-OH is 1. The Balaban J connectivity index is 2.65. The van der Waals surface area contributed by atoms with Gasteiger partial charge in [-0.15, -0.1) is 0 Å². The molecular weight excluding hydrogens is 206 g/mol. The third-order valence-electron chi connectivity index (χ3n) is 3.09. The first-order valence-corrected chi connectivity index (χ1v) is 5.94. The molecule has 1 heterocycles. The van der Waals surface area contributed by atoms with Crippen molar-refractivity contribution in [1.82, 2.24) is 4.90 Å². The first kappa shape index (κ1) is 13.3. The maximum absolute atomic E-state index is 11.9. The van der Waals surface area contributed by atoms with Gasteiger partial charge in [0.2, 0.25) is 0 Å². The Bertz CT molecular complexity index is 259. The van der Waals surface area contributed by atoms with Gasteiger partial charge in [-0.1, -0.05) is 6.92 Å². The fourth-order valence-corrected chi connectivity index (χ4v) is 2.23. The number of ether oxygens (including phenoxy) is 1. The fraction of sp³-hybridized carbons (Fsp3) is 0.917. The zero-order valence-electron chi connectivity index (χ0n) is 10.9. The van der Waals surface area contributed by atoms with Crippen LogP contribution in [-0.4, -0.2) is 40.4 Å². The molecule has 1 aliphatic heterocycles. The van der Waals surface area contributed by atoms with Crippen molar-refractivity contribution < 1.29 is 14.6 Å². The van der Waals surface area contributed by atoms with Crippen LogP contribution in [0.15, 0.2) is 0 Å². The van der Waals surface area contributed by atoms with E-state index in [1.807, 2.05) is 34.6 Å². The van der Waals surface area contributed by atoms with Gasteiger partial charge in [0, 0.05) is 12.0 Å². The molecule has 0 radical (unpaired) electrons. The van der Waals surface area contributed by atoms with Gasteiger partial charge in [-0.25, -0.2) is 4.79 Å². The highest BCUT2D eigenvalue weighted by Gasteiger charge is 2.40. The zero-order chi connectivity index (χ0) is 12.5. The van der Waals surface area contributed by atoms with Crippen molar-refractivity contribution in [3.8, 4) is 0 Å². The van der Waals surface area contributed by atoms with Gasteiger partial charge in [-0.05, 0) is 34.1 Å². The van der Waals surface area contributed by atoms with Crippen molar-refractivity contribution in [2.24, 2.45) is 5.92 Å². The summed E-state index contributed by atoms with van der Waals surface area (Å²) in [4.78, 5) is 13.5. The molecule has 0 aromatic carbocycles. The number of rotatable bonds is 1. The lowest BCUT2D eigenvalue weighted by atomic mass is 9.97. The summed E-state index contributed by atoms with van der Waals surface area (Å²) in [5.41, 5.74) is -0.480. The van der Waals surface area contributed by atoms with Gasteiger partial charge >= 0.3 is 6.09 Å². The lowest BCUT2D eigenvalue weighted by Crippen LogP contribution is -2.40. The van der Waals surface area contributed by atoms with E-state index < -0.39 is 11.7 Å². The predicted molar refractivity (Wildman–Crippen MR) is 62.2 cm³/mol. The van der Waals surface area contributed by atoms with Crippen molar-refractivity contribution in [2.75, 3.05) is 6.54 Å². The number of β-amino-alcohol motifs (C(OH)–C–C–N with tert-alkyl or cyclic N) is 1. The van der Waals surface area contributed by atoms with Crippen LogP contribution >= 0.6 is 0 Å². The number of carbonyl (C=O) groups excluding carboxylic acids is 1. The Morgan fingerprint density at radius 2 is 2.06 bits per heavy atom. The molecule has 94 valence electrons. The summed E-state index contributed by atoms with van der Waals surface area (Å²) in [6, 6.07) is 0.0508. The normalized spacial score (nSPS) is 30.6. The van der Waals surface area contributed by atoms with Gasteiger partial charge in [-0.3, -0.25) is 0 Å². The van der Waals surface area contributed by atoms with Crippen molar-refractivity contribution >= 4 is 6.09 Å². The van der Waals surface area contributed by atoms with E-state index in [0.29, 0.717) is 6.54 Å². The monoisotopic (exact) mass is 229 g/mol. The van der Waals surface area contributed by atoms with Gasteiger partial charge in [0.1, 0.15) is 5.60 Å². The van der Waals surface area contributed by atoms with Crippen LogP contribution in [0.4, 0.5) is 4.79 Å².